The second-order valence-corrected chi connectivity index (χ2v) is 3.78. The van der Waals surface area contributed by atoms with Gasteiger partial charge < -0.3 is 21.3 Å². The molecular weight excluding hydrogens is 220 g/mol. The van der Waals surface area contributed by atoms with Crippen LogP contribution in [-0.2, 0) is 6.42 Å². The first kappa shape index (κ1) is 13.6. The van der Waals surface area contributed by atoms with Gasteiger partial charge in [-0.25, -0.2) is 0 Å². The molecule has 1 amide bonds. The molecule has 0 saturated carbocycles. The first-order valence-corrected chi connectivity index (χ1v) is 5.53. The van der Waals surface area contributed by atoms with Gasteiger partial charge in [0.05, 0.1) is 12.7 Å². The van der Waals surface area contributed by atoms with E-state index in [2.05, 4.69) is 5.32 Å². The topological polar surface area (TPSA) is 95.6 Å². The van der Waals surface area contributed by atoms with Gasteiger partial charge in [0.2, 0.25) is 0 Å². The molecule has 1 aromatic carbocycles. The molecule has 1 atom stereocenters. The standard InChI is InChI=1S/C12H18N2O3/c13-6-5-9-1-3-10(4-2-9)12(17)14-7-11(16)8-15/h1-4,11,15-16H,5-8,13H2,(H,14,17). The summed E-state index contributed by atoms with van der Waals surface area (Å²) in [5, 5.41) is 20.2. The lowest BCUT2D eigenvalue weighted by Crippen LogP contribution is -2.33. The number of carbonyl (C=O) groups is 1. The van der Waals surface area contributed by atoms with E-state index in [0.29, 0.717) is 12.1 Å². The van der Waals surface area contributed by atoms with Gasteiger partial charge in [0.25, 0.3) is 5.91 Å². The highest BCUT2D eigenvalue weighted by atomic mass is 16.3. The Labute approximate surface area is 100 Å². The van der Waals surface area contributed by atoms with Gasteiger partial charge in [-0.1, -0.05) is 12.1 Å². The molecule has 0 aromatic heterocycles. The van der Waals surface area contributed by atoms with Crippen molar-refractivity contribution < 1.29 is 15.0 Å². The molecule has 1 aromatic rings. The van der Waals surface area contributed by atoms with Crippen molar-refractivity contribution in [2.75, 3.05) is 19.7 Å². The minimum absolute atomic E-state index is 0.0416. The zero-order valence-corrected chi connectivity index (χ0v) is 9.60. The van der Waals surface area contributed by atoms with Crippen molar-refractivity contribution in [3.63, 3.8) is 0 Å². The van der Waals surface area contributed by atoms with Crippen LogP contribution >= 0.6 is 0 Å². The number of hydrogen-bond donors (Lipinski definition) is 4. The largest absolute Gasteiger partial charge is 0.394 e. The Morgan fingerprint density at radius 3 is 2.53 bits per heavy atom. The highest BCUT2D eigenvalue weighted by Crippen LogP contribution is 2.04. The summed E-state index contributed by atoms with van der Waals surface area (Å²) in [4.78, 5) is 11.6. The molecule has 1 unspecified atom stereocenters. The summed E-state index contributed by atoms with van der Waals surface area (Å²) in [5.41, 5.74) is 7.03. The van der Waals surface area contributed by atoms with E-state index in [9.17, 15) is 4.79 Å². The summed E-state index contributed by atoms with van der Waals surface area (Å²) in [7, 11) is 0. The van der Waals surface area contributed by atoms with E-state index >= 15 is 0 Å². The van der Waals surface area contributed by atoms with E-state index in [1.807, 2.05) is 12.1 Å². The van der Waals surface area contributed by atoms with Crippen molar-refractivity contribution in [3.8, 4) is 0 Å². The first-order chi connectivity index (χ1) is 8.17. The SMILES string of the molecule is NCCc1ccc(C(=O)NCC(O)CO)cc1. The van der Waals surface area contributed by atoms with Crippen LogP contribution in [0, 0.1) is 0 Å². The smallest absolute Gasteiger partial charge is 0.251 e. The molecule has 17 heavy (non-hydrogen) atoms. The van der Waals surface area contributed by atoms with Gasteiger partial charge in [-0.05, 0) is 30.7 Å². The van der Waals surface area contributed by atoms with Gasteiger partial charge in [-0.3, -0.25) is 4.79 Å². The van der Waals surface area contributed by atoms with E-state index in [-0.39, 0.29) is 19.1 Å². The van der Waals surface area contributed by atoms with E-state index in [1.54, 1.807) is 12.1 Å². The fourth-order valence-corrected chi connectivity index (χ4v) is 1.37. The molecule has 1 rings (SSSR count). The highest BCUT2D eigenvalue weighted by Gasteiger charge is 2.07. The maximum Gasteiger partial charge on any atom is 0.251 e. The van der Waals surface area contributed by atoms with E-state index in [1.165, 1.54) is 0 Å². The first-order valence-electron chi connectivity index (χ1n) is 5.53. The molecule has 5 N–H and O–H groups in total. The Hall–Kier alpha value is -1.43. The Morgan fingerprint density at radius 2 is 2.00 bits per heavy atom. The molecule has 0 radical (unpaired) electrons. The quantitative estimate of drug-likeness (QED) is 0.525. The lowest BCUT2D eigenvalue weighted by molar-refractivity contribution is 0.0802. The lowest BCUT2D eigenvalue weighted by Gasteiger charge is -2.09. The second kappa shape index (κ2) is 7.01. The monoisotopic (exact) mass is 238 g/mol. The second-order valence-electron chi connectivity index (χ2n) is 3.78. The van der Waals surface area contributed by atoms with Gasteiger partial charge in [0.15, 0.2) is 0 Å². The van der Waals surface area contributed by atoms with E-state index in [4.69, 9.17) is 15.9 Å². The number of aliphatic hydroxyl groups is 2. The summed E-state index contributed by atoms with van der Waals surface area (Å²) in [5.74, 6) is -0.267. The normalized spacial score (nSPS) is 12.2. The summed E-state index contributed by atoms with van der Waals surface area (Å²) in [6.45, 7) is 0.254. The van der Waals surface area contributed by atoms with Crippen molar-refractivity contribution in [2.24, 2.45) is 5.73 Å². The third kappa shape index (κ3) is 4.52. The Morgan fingerprint density at radius 1 is 1.35 bits per heavy atom. The number of nitrogens with one attached hydrogen (secondary N) is 1. The number of nitrogens with two attached hydrogens (primary N) is 1. The van der Waals surface area contributed by atoms with E-state index in [0.717, 1.165) is 12.0 Å². The molecule has 0 aliphatic heterocycles. The molecule has 0 aliphatic rings. The van der Waals surface area contributed by atoms with Gasteiger partial charge in [0.1, 0.15) is 0 Å². The molecule has 0 bridgehead atoms. The summed E-state index contributed by atoms with van der Waals surface area (Å²) in [6.07, 6.45) is -0.138. The molecular formula is C12H18N2O3. The molecule has 0 saturated heterocycles. The van der Waals surface area contributed by atoms with Crippen molar-refractivity contribution in [1.82, 2.24) is 5.32 Å². The average Bonchev–Trinajstić information content (AvgIpc) is 2.36. The Balaban J connectivity index is 2.51. The minimum atomic E-state index is -0.921. The van der Waals surface area contributed by atoms with Crippen LogP contribution in [-0.4, -0.2) is 41.9 Å². The number of amides is 1. The summed E-state index contributed by atoms with van der Waals surface area (Å²) < 4.78 is 0. The predicted molar refractivity (Wildman–Crippen MR) is 64.6 cm³/mol. The van der Waals surface area contributed by atoms with Gasteiger partial charge in [-0.15, -0.1) is 0 Å². The maximum absolute atomic E-state index is 11.6. The summed E-state index contributed by atoms with van der Waals surface area (Å²) in [6, 6.07) is 7.13. The van der Waals surface area contributed by atoms with Gasteiger partial charge >= 0.3 is 0 Å². The van der Waals surface area contributed by atoms with Crippen LogP contribution in [0.2, 0.25) is 0 Å². The number of aliphatic hydroxyl groups excluding tert-OH is 2. The van der Waals surface area contributed by atoms with E-state index < -0.39 is 6.10 Å². The van der Waals surface area contributed by atoms with Crippen LogP contribution in [0.15, 0.2) is 24.3 Å². The van der Waals surface area contributed by atoms with Crippen LogP contribution in [0.3, 0.4) is 0 Å². The molecule has 5 nitrogen and oxygen atoms in total. The molecule has 0 fully saturated rings. The fourth-order valence-electron chi connectivity index (χ4n) is 1.37. The number of rotatable bonds is 6. The molecule has 94 valence electrons. The third-order valence-corrected chi connectivity index (χ3v) is 2.36. The molecule has 0 aliphatic carbocycles. The number of carbonyl (C=O) groups excluding carboxylic acids is 1. The maximum atomic E-state index is 11.6. The molecule has 0 heterocycles. The van der Waals surface area contributed by atoms with Crippen LogP contribution in [0.5, 0.6) is 0 Å². The zero-order chi connectivity index (χ0) is 12.7. The number of hydrogen-bond acceptors (Lipinski definition) is 4. The van der Waals surface area contributed by atoms with Gasteiger partial charge in [0, 0.05) is 12.1 Å². The highest BCUT2D eigenvalue weighted by molar-refractivity contribution is 5.94. The predicted octanol–water partition coefficient (Wildman–Crippen LogP) is -0.729. The van der Waals surface area contributed by atoms with Crippen LogP contribution in [0.4, 0.5) is 0 Å². The van der Waals surface area contributed by atoms with Crippen LogP contribution in [0.25, 0.3) is 0 Å². The van der Waals surface area contributed by atoms with Crippen LogP contribution in [0.1, 0.15) is 15.9 Å². The Kier molecular flexibility index (Phi) is 5.62. The van der Waals surface area contributed by atoms with Crippen molar-refractivity contribution in [3.05, 3.63) is 35.4 Å². The van der Waals surface area contributed by atoms with Crippen molar-refractivity contribution in [2.45, 2.75) is 12.5 Å². The summed E-state index contributed by atoms with van der Waals surface area (Å²) >= 11 is 0. The molecule has 5 heteroatoms. The minimum Gasteiger partial charge on any atom is -0.394 e. The van der Waals surface area contributed by atoms with Crippen molar-refractivity contribution in [1.29, 1.82) is 0 Å². The van der Waals surface area contributed by atoms with Gasteiger partial charge in [-0.2, -0.15) is 0 Å². The third-order valence-electron chi connectivity index (χ3n) is 2.36. The zero-order valence-electron chi connectivity index (χ0n) is 9.60. The number of benzene rings is 1. The molecule has 0 spiro atoms. The fraction of sp³-hybridized carbons (Fsp3) is 0.417. The average molecular weight is 238 g/mol. The Bertz CT molecular complexity index is 351. The van der Waals surface area contributed by atoms with Crippen LogP contribution < -0.4 is 11.1 Å². The van der Waals surface area contributed by atoms with Crippen molar-refractivity contribution >= 4 is 5.91 Å². The lowest BCUT2D eigenvalue weighted by atomic mass is 10.1.